The summed E-state index contributed by atoms with van der Waals surface area (Å²) in [4.78, 5) is 11.5. The molecule has 1 unspecified atom stereocenters. The van der Waals surface area contributed by atoms with Crippen LogP contribution in [-0.2, 0) is 4.74 Å². The van der Waals surface area contributed by atoms with Crippen LogP contribution in [0.4, 0.5) is 0 Å². The van der Waals surface area contributed by atoms with E-state index in [9.17, 15) is 4.79 Å². The van der Waals surface area contributed by atoms with Crippen molar-refractivity contribution in [2.45, 2.75) is 6.92 Å². The summed E-state index contributed by atoms with van der Waals surface area (Å²) in [5.74, 6) is -0.239. The van der Waals surface area contributed by atoms with Crippen molar-refractivity contribution in [2.24, 2.45) is 5.92 Å². The average molecular weight is 259 g/mol. The maximum absolute atomic E-state index is 11.5. The van der Waals surface area contributed by atoms with E-state index in [0.29, 0.717) is 10.8 Å². The first kappa shape index (κ1) is 13.8. The summed E-state index contributed by atoms with van der Waals surface area (Å²) in [6, 6.07) is 4.86. The van der Waals surface area contributed by atoms with Gasteiger partial charge in [-0.3, -0.25) is 0 Å². The summed E-state index contributed by atoms with van der Waals surface area (Å²) in [5, 5.41) is 9.25. The monoisotopic (exact) mass is 258 g/mol. The fourth-order valence-corrected chi connectivity index (χ4v) is 1.43. The first-order chi connectivity index (χ1) is 8.10. The minimum atomic E-state index is -0.501. The molecule has 0 aliphatic heterocycles. The van der Waals surface area contributed by atoms with Gasteiger partial charge in [-0.05, 0) is 12.1 Å². The van der Waals surface area contributed by atoms with Crippen molar-refractivity contribution in [3.63, 3.8) is 0 Å². The highest BCUT2D eigenvalue weighted by atomic mass is 35.5. The van der Waals surface area contributed by atoms with Crippen molar-refractivity contribution in [3.05, 3.63) is 28.8 Å². The lowest BCUT2D eigenvalue weighted by Gasteiger charge is -2.14. The first-order valence-electron chi connectivity index (χ1n) is 5.20. The number of rotatable bonds is 5. The molecular formula is C12H15ClO4. The fraction of sp³-hybridized carbons (Fsp3) is 0.417. The summed E-state index contributed by atoms with van der Waals surface area (Å²) in [5.41, 5.74) is 0.283. The zero-order valence-corrected chi connectivity index (χ0v) is 10.5. The molecular weight excluding hydrogens is 244 g/mol. The van der Waals surface area contributed by atoms with Crippen molar-refractivity contribution in [3.8, 4) is 5.75 Å². The molecule has 0 aliphatic carbocycles. The zero-order valence-electron chi connectivity index (χ0n) is 9.77. The number of carbonyl (C=O) groups excluding carboxylic acids is 1. The van der Waals surface area contributed by atoms with Gasteiger partial charge in [-0.25, -0.2) is 4.79 Å². The number of ether oxygens (including phenoxy) is 2. The van der Waals surface area contributed by atoms with Gasteiger partial charge in [0.2, 0.25) is 0 Å². The number of hydrogen-bond donors (Lipinski definition) is 1. The Bertz CT molecular complexity index is 392. The van der Waals surface area contributed by atoms with Gasteiger partial charge in [-0.2, -0.15) is 0 Å². The van der Waals surface area contributed by atoms with Gasteiger partial charge in [0.15, 0.2) is 5.75 Å². The number of carbonyl (C=O) groups is 1. The van der Waals surface area contributed by atoms with E-state index in [-0.39, 0.29) is 24.7 Å². The summed E-state index contributed by atoms with van der Waals surface area (Å²) in [6.07, 6.45) is 0. The van der Waals surface area contributed by atoms with Crippen LogP contribution in [0.25, 0.3) is 0 Å². The number of halogens is 1. The van der Waals surface area contributed by atoms with E-state index in [2.05, 4.69) is 4.74 Å². The van der Waals surface area contributed by atoms with Crippen molar-refractivity contribution in [1.29, 1.82) is 0 Å². The van der Waals surface area contributed by atoms with Crippen LogP contribution in [0.15, 0.2) is 18.2 Å². The quantitative estimate of drug-likeness (QED) is 0.822. The molecule has 0 saturated carbocycles. The second kappa shape index (κ2) is 6.47. The molecule has 4 nitrogen and oxygen atoms in total. The van der Waals surface area contributed by atoms with Crippen LogP contribution in [0.1, 0.15) is 17.3 Å². The lowest BCUT2D eigenvalue weighted by atomic mass is 10.2. The van der Waals surface area contributed by atoms with Gasteiger partial charge < -0.3 is 14.6 Å². The Morgan fingerprint density at radius 2 is 2.24 bits per heavy atom. The number of benzene rings is 1. The number of para-hydroxylation sites is 1. The topological polar surface area (TPSA) is 55.8 Å². The van der Waals surface area contributed by atoms with Crippen LogP contribution in [0.3, 0.4) is 0 Å². The van der Waals surface area contributed by atoms with E-state index >= 15 is 0 Å². The molecule has 0 spiro atoms. The molecule has 17 heavy (non-hydrogen) atoms. The Hall–Kier alpha value is -1.26. The molecule has 0 radical (unpaired) electrons. The molecule has 94 valence electrons. The summed E-state index contributed by atoms with van der Waals surface area (Å²) in [6.45, 7) is 2.12. The average Bonchev–Trinajstić information content (AvgIpc) is 2.35. The molecule has 1 N–H and O–H groups in total. The summed E-state index contributed by atoms with van der Waals surface area (Å²) >= 11 is 5.96. The predicted molar refractivity (Wildman–Crippen MR) is 64.5 cm³/mol. The lowest BCUT2D eigenvalue weighted by molar-refractivity contribution is 0.0594. The van der Waals surface area contributed by atoms with Gasteiger partial charge in [-0.1, -0.05) is 24.6 Å². The van der Waals surface area contributed by atoms with E-state index in [4.69, 9.17) is 21.4 Å². The van der Waals surface area contributed by atoms with Gasteiger partial charge in [0, 0.05) is 12.5 Å². The molecule has 5 heteroatoms. The minimum absolute atomic E-state index is 0.0119. The van der Waals surface area contributed by atoms with E-state index in [1.165, 1.54) is 7.11 Å². The van der Waals surface area contributed by atoms with Crippen LogP contribution in [0.2, 0.25) is 5.02 Å². The second-order valence-corrected chi connectivity index (χ2v) is 4.11. The highest BCUT2D eigenvalue weighted by molar-refractivity contribution is 6.32. The molecule has 0 aromatic heterocycles. The lowest BCUT2D eigenvalue weighted by Crippen LogP contribution is -2.14. The maximum Gasteiger partial charge on any atom is 0.341 e. The normalized spacial score (nSPS) is 12.0. The van der Waals surface area contributed by atoms with Crippen LogP contribution in [-0.4, -0.2) is 31.4 Å². The molecule has 1 aromatic rings. The number of aliphatic hydroxyl groups excluding tert-OH is 1. The molecule has 0 amide bonds. The van der Waals surface area contributed by atoms with Crippen LogP contribution in [0.5, 0.6) is 5.75 Å². The van der Waals surface area contributed by atoms with Crippen LogP contribution < -0.4 is 4.74 Å². The number of methoxy groups -OCH3 is 1. The predicted octanol–water partition coefficient (Wildman–Crippen LogP) is 2.13. The Morgan fingerprint density at radius 1 is 1.53 bits per heavy atom. The molecule has 0 aliphatic rings. The third-order valence-electron chi connectivity index (χ3n) is 2.20. The first-order valence-corrected chi connectivity index (χ1v) is 5.58. The van der Waals surface area contributed by atoms with Crippen LogP contribution in [0, 0.1) is 5.92 Å². The molecule has 0 fully saturated rings. The van der Waals surface area contributed by atoms with Gasteiger partial charge in [0.25, 0.3) is 0 Å². The highest BCUT2D eigenvalue weighted by Gasteiger charge is 2.16. The second-order valence-electron chi connectivity index (χ2n) is 3.71. The van der Waals surface area contributed by atoms with Gasteiger partial charge in [-0.15, -0.1) is 0 Å². The number of esters is 1. The van der Waals surface area contributed by atoms with Gasteiger partial charge in [0.1, 0.15) is 5.56 Å². The van der Waals surface area contributed by atoms with E-state index < -0.39 is 5.97 Å². The Labute approximate surface area is 105 Å². The van der Waals surface area contributed by atoms with Crippen molar-refractivity contribution >= 4 is 17.6 Å². The molecule has 0 saturated heterocycles. The van der Waals surface area contributed by atoms with Gasteiger partial charge >= 0.3 is 5.97 Å². The van der Waals surface area contributed by atoms with E-state index in [0.717, 1.165) is 0 Å². The third-order valence-corrected chi connectivity index (χ3v) is 2.49. The minimum Gasteiger partial charge on any atom is -0.491 e. The summed E-state index contributed by atoms with van der Waals surface area (Å²) in [7, 11) is 1.30. The van der Waals surface area contributed by atoms with E-state index in [1.54, 1.807) is 18.2 Å². The number of hydrogen-bond acceptors (Lipinski definition) is 4. The third kappa shape index (κ3) is 3.61. The maximum atomic E-state index is 11.5. The zero-order chi connectivity index (χ0) is 12.8. The fourth-order valence-electron chi connectivity index (χ4n) is 1.20. The highest BCUT2D eigenvalue weighted by Crippen LogP contribution is 2.29. The summed E-state index contributed by atoms with van der Waals surface area (Å²) < 4.78 is 10.1. The van der Waals surface area contributed by atoms with Gasteiger partial charge in [0.05, 0.1) is 18.7 Å². The largest absolute Gasteiger partial charge is 0.491 e. The van der Waals surface area contributed by atoms with Crippen LogP contribution >= 0.6 is 11.6 Å². The standard InChI is InChI=1S/C12H15ClO4/c1-8(6-14)7-17-11-9(12(15)16-2)4-3-5-10(11)13/h3-5,8,14H,6-7H2,1-2H3. The van der Waals surface area contributed by atoms with Crippen molar-refractivity contribution < 1.29 is 19.4 Å². The van der Waals surface area contributed by atoms with Crippen molar-refractivity contribution in [1.82, 2.24) is 0 Å². The molecule has 1 rings (SSSR count). The molecule has 1 atom stereocenters. The Morgan fingerprint density at radius 3 is 2.82 bits per heavy atom. The Balaban J connectivity index is 2.92. The Kier molecular flexibility index (Phi) is 5.25. The SMILES string of the molecule is COC(=O)c1cccc(Cl)c1OCC(C)CO. The van der Waals surface area contributed by atoms with Crippen molar-refractivity contribution in [2.75, 3.05) is 20.3 Å². The smallest absolute Gasteiger partial charge is 0.341 e. The van der Waals surface area contributed by atoms with E-state index in [1.807, 2.05) is 6.92 Å². The molecule has 0 bridgehead atoms. The molecule has 1 aromatic carbocycles. The number of aliphatic hydroxyl groups is 1. The molecule has 0 heterocycles.